The lowest BCUT2D eigenvalue weighted by molar-refractivity contribution is -0.113. The van der Waals surface area contributed by atoms with Gasteiger partial charge in [-0.15, -0.1) is 10.2 Å². The second-order valence-electron chi connectivity index (χ2n) is 6.69. The first-order valence-electron chi connectivity index (χ1n) is 9.82. The van der Waals surface area contributed by atoms with Crippen LogP contribution in [0.15, 0.2) is 41.6 Å². The number of amides is 2. The molecule has 0 aliphatic rings. The molecule has 0 radical (unpaired) electrons. The summed E-state index contributed by atoms with van der Waals surface area (Å²) >= 11 is 1.02. The Bertz CT molecular complexity index is 1170. The summed E-state index contributed by atoms with van der Waals surface area (Å²) < 4.78 is 55.4. The van der Waals surface area contributed by atoms with Crippen molar-refractivity contribution in [3.8, 4) is 0 Å². The molecule has 174 valence electrons. The Labute approximate surface area is 190 Å². The molecule has 2 amide bonds. The highest BCUT2D eigenvalue weighted by Crippen LogP contribution is 2.21. The van der Waals surface area contributed by atoms with Gasteiger partial charge in [0.25, 0.3) is 5.91 Å². The number of carbonyl (C=O) groups is 2. The molecule has 1 aromatic heterocycles. The summed E-state index contributed by atoms with van der Waals surface area (Å²) in [6.07, 6.45) is 0.313. The number of hydrogen-bond donors (Lipinski definition) is 2. The molecule has 12 heteroatoms. The van der Waals surface area contributed by atoms with Crippen molar-refractivity contribution in [3.63, 3.8) is 0 Å². The number of nitrogens with zero attached hydrogens (tertiary/aromatic N) is 3. The van der Waals surface area contributed by atoms with Gasteiger partial charge < -0.3 is 15.2 Å². The Kier molecular flexibility index (Phi) is 8.04. The highest BCUT2D eigenvalue weighted by molar-refractivity contribution is 7.99. The van der Waals surface area contributed by atoms with Crippen molar-refractivity contribution >= 4 is 29.3 Å². The number of halogens is 4. The van der Waals surface area contributed by atoms with E-state index in [-0.39, 0.29) is 17.9 Å². The smallest absolute Gasteiger partial charge is 0.254 e. The van der Waals surface area contributed by atoms with Crippen LogP contribution >= 0.6 is 11.8 Å². The van der Waals surface area contributed by atoms with Gasteiger partial charge in [-0.05, 0) is 31.2 Å². The van der Waals surface area contributed by atoms with Crippen molar-refractivity contribution in [3.05, 3.63) is 71.1 Å². The number of aromatic nitrogens is 3. The van der Waals surface area contributed by atoms with Crippen LogP contribution in [0.1, 0.15) is 23.1 Å². The number of thioether (sulfide) groups is 1. The maximum Gasteiger partial charge on any atom is 0.254 e. The standard InChI is InChI=1S/C21H19F4N5O2S/c1-2-30-16(9-10-26-20(32)12-5-3-4-6-13(12)22)28-29-21(30)33-11-17(31)27-15-8-7-14(23)18(24)19(15)25/h3-8H,2,9-11H2,1H3,(H,26,32)(H,27,31). The second-order valence-corrected chi connectivity index (χ2v) is 7.63. The van der Waals surface area contributed by atoms with Crippen LogP contribution in [0.2, 0.25) is 0 Å². The normalized spacial score (nSPS) is 10.8. The molecule has 2 aromatic carbocycles. The molecule has 0 aliphatic heterocycles. The minimum atomic E-state index is -1.67. The maximum atomic E-state index is 13.7. The molecule has 0 saturated carbocycles. The van der Waals surface area contributed by atoms with Crippen LogP contribution in [0, 0.1) is 23.3 Å². The van der Waals surface area contributed by atoms with Gasteiger partial charge in [0.05, 0.1) is 17.0 Å². The predicted octanol–water partition coefficient (Wildman–Crippen LogP) is 3.56. The molecule has 2 N–H and O–H groups in total. The minimum Gasteiger partial charge on any atom is -0.351 e. The second kappa shape index (κ2) is 10.9. The molecule has 0 aliphatic carbocycles. The number of carbonyl (C=O) groups excluding carboxylic acids is 2. The molecule has 0 spiro atoms. The first kappa shape index (κ1) is 24.2. The SMILES string of the molecule is CCn1c(CCNC(=O)c2ccccc2F)nnc1SCC(=O)Nc1ccc(F)c(F)c1F. The third kappa shape index (κ3) is 5.89. The molecule has 33 heavy (non-hydrogen) atoms. The Balaban J connectivity index is 1.55. The molecule has 3 aromatic rings. The average Bonchev–Trinajstić information content (AvgIpc) is 3.20. The quantitative estimate of drug-likeness (QED) is 0.277. The zero-order valence-corrected chi connectivity index (χ0v) is 18.2. The highest BCUT2D eigenvalue weighted by atomic mass is 32.2. The van der Waals surface area contributed by atoms with Crippen LogP contribution in [0.3, 0.4) is 0 Å². The molecule has 0 fully saturated rings. The molecule has 3 rings (SSSR count). The van der Waals surface area contributed by atoms with Gasteiger partial charge >= 0.3 is 0 Å². The van der Waals surface area contributed by atoms with Crippen molar-refractivity contribution in [2.45, 2.75) is 25.0 Å². The van der Waals surface area contributed by atoms with Crippen molar-refractivity contribution < 1.29 is 27.2 Å². The largest absolute Gasteiger partial charge is 0.351 e. The summed E-state index contributed by atoms with van der Waals surface area (Å²) in [6, 6.07) is 7.27. The predicted molar refractivity (Wildman–Crippen MR) is 114 cm³/mol. The van der Waals surface area contributed by atoms with E-state index in [1.54, 1.807) is 10.6 Å². The first-order valence-corrected chi connectivity index (χ1v) is 10.8. The molecule has 0 bridgehead atoms. The fourth-order valence-electron chi connectivity index (χ4n) is 2.90. The number of nitrogens with one attached hydrogen (secondary N) is 2. The van der Waals surface area contributed by atoms with E-state index in [4.69, 9.17) is 0 Å². The van der Waals surface area contributed by atoms with E-state index in [1.807, 2.05) is 6.92 Å². The molecule has 1 heterocycles. The van der Waals surface area contributed by atoms with Gasteiger partial charge in [0.1, 0.15) is 11.6 Å². The van der Waals surface area contributed by atoms with Gasteiger partial charge in [0.15, 0.2) is 22.6 Å². The minimum absolute atomic E-state index is 0.0609. The lowest BCUT2D eigenvalue weighted by Gasteiger charge is -2.09. The summed E-state index contributed by atoms with van der Waals surface area (Å²) in [6.45, 7) is 2.50. The Morgan fingerprint density at radius 3 is 2.48 bits per heavy atom. The zero-order chi connectivity index (χ0) is 24.0. The van der Waals surface area contributed by atoms with Gasteiger partial charge in [-0.2, -0.15) is 0 Å². The average molecular weight is 481 g/mol. The van der Waals surface area contributed by atoms with Crippen LogP contribution in [-0.4, -0.2) is 38.9 Å². The van der Waals surface area contributed by atoms with Gasteiger partial charge in [-0.25, -0.2) is 17.6 Å². The van der Waals surface area contributed by atoms with E-state index in [0.717, 1.165) is 17.8 Å². The molecule has 0 saturated heterocycles. The van der Waals surface area contributed by atoms with Crippen LogP contribution < -0.4 is 10.6 Å². The lowest BCUT2D eigenvalue weighted by Crippen LogP contribution is -2.27. The third-order valence-electron chi connectivity index (χ3n) is 4.50. The van der Waals surface area contributed by atoms with E-state index in [2.05, 4.69) is 20.8 Å². The molecular weight excluding hydrogens is 462 g/mol. The van der Waals surface area contributed by atoms with Crippen LogP contribution in [0.25, 0.3) is 0 Å². The number of rotatable bonds is 9. The van der Waals surface area contributed by atoms with Gasteiger partial charge in [0, 0.05) is 19.5 Å². The maximum absolute atomic E-state index is 13.7. The van der Waals surface area contributed by atoms with Gasteiger partial charge in [-0.1, -0.05) is 23.9 Å². The molecular formula is C21H19F4N5O2S. The summed E-state index contributed by atoms with van der Waals surface area (Å²) in [5, 5.41) is 13.3. The number of benzene rings is 2. The van der Waals surface area contributed by atoms with Crippen LogP contribution in [0.5, 0.6) is 0 Å². The van der Waals surface area contributed by atoms with Crippen molar-refractivity contribution in [1.82, 2.24) is 20.1 Å². The highest BCUT2D eigenvalue weighted by Gasteiger charge is 2.17. The Hall–Kier alpha value is -3.41. The van der Waals surface area contributed by atoms with Gasteiger partial charge in [-0.3, -0.25) is 9.59 Å². The fourth-order valence-corrected chi connectivity index (χ4v) is 3.72. The number of hydrogen-bond acceptors (Lipinski definition) is 5. The third-order valence-corrected chi connectivity index (χ3v) is 5.47. The summed E-state index contributed by atoms with van der Waals surface area (Å²) in [7, 11) is 0. The monoisotopic (exact) mass is 481 g/mol. The lowest BCUT2D eigenvalue weighted by atomic mass is 10.2. The van der Waals surface area contributed by atoms with E-state index in [1.165, 1.54) is 18.2 Å². The van der Waals surface area contributed by atoms with E-state index >= 15 is 0 Å². The zero-order valence-electron chi connectivity index (χ0n) is 17.4. The van der Waals surface area contributed by atoms with Gasteiger partial charge in [0.2, 0.25) is 5.91 Å². The topological polar surface area (TPSA) is 88.9 Å². The van der Waals surface area contributed by atoms with E-state index in [0.29, 0.717) is 30.0 Å². The van der Waals surface area contributed by atoms with Crippen molar-refractivity contribution in [1.29, 1.82) is 0 Å². The molecule has 0 unspecified atom stereocenters. The van der Waals surface area contributed by atoms with E-state index in [9.17, 15) is 27.2 Å². The number of anilines is 1. The van der Waals surface area contributed by atoms with Crippen molar-refractivity contribution in [2.75, 3.05) is 17.6 Å². The fraction of sp³-hybridized carbons (Fsp3) is 0.238. The van der Waals surface area contributed by atoms with Crippen LogP contribution in [-0.2, 0) is 17.8 Å². The molecule has 0 atom stereocenters. The Morgan fingerprint density at radius 2 is 1.76 bits per heavy atom. The summed E-state index contributed by atoms with van der Waals surface area (Å²) in [5.41, 5.74) is -0.531. The van der Waals surface area contributed by atoms with Crippen molar-refractivity contribution in [2.24, 2.45) is 0 Å². The summed E-state index contributed by atoms with van der Waals surface area (Å²) in [5.74, 6) is -5.95. The molecule has 7 nitrogen and oxygen atoms in total. The van der Waals surface area contributed by atoms with E-state index < -0.39 is 40.8 Å². The summed E-state index contributed by atoms with van der Waals surface area (Å²) in [4.78, 5) is 24.2. The van der Waals surface area contributed by atoms with Crippen LogP contribution in [0.4, 0.5) is 23.2 Å². The first-order chi connectivity index (χ1) is 15.8. The Morgan fingerprint density at radius 1 is 1.00 bits per heavy atom.